The molecule has 0 fully saturated rings. The number of para-hydroxylation sites is 5. The zero-order chi connectivity index (χ0) is 24.3. The maximum absolute atomic E-state index is 5.20. The van der Waals surface area contributed by atoms with E-state index in [9.17, 15) is 0 Å². The van der Waals surface area contributed by atoms with Crippen molar-refractivity contribution in [1.29, 1.82) is 0 Å². The van der Waals surface area contributed by atoms with Gasteiger partial charge < -0.3 is 4.57 Å². The molecule has 3 heteroatoms. The number of nitrogens with zero attached hydrogens (tertiary/aromatic N) is 3. The minimum Gasteiger partial charge on any atom is -0.340 e. The van der Waals surface area contributed by atoms with Crippen molar-refractivity contribution in [2.24, 2.45) is 0 Å². The minimum atomic E-state index is 1.00. The predicted octanol–water partition coefficient (Wildman–Crippen LogP) is 9.16. The molecule has 0 bridgehead atoms. The number of hydrogen-bond donors (Lipinski definition) is 0. The van der Waals surface area contributed by atoms with E-state index in [0.717, 1.165) is 29.1 Å². The fourth-order valence-corrected chi connectivity index (χ4v) is 5.62. The summed E-state index contributed by atoms with van der Waals surface area (Å²) in [5.74, 6) is 1.00. The molecule has 0 aliphatic heterocycles. The van der Waals surface area contributed by atoms with Crippen molar-refractivity contribution in [1.82, 2.24) is 14.1 Å². The SMILES string of the molecule is CCCCCCCCn1c2ccccc2c2cccc(-c3nc4ccccc4n3-c3ccccc3)c21. The standard InChI is InChI=1S/C33H33N3/c1-2-3-4-5-6-14-24-35-30-22-12-10-18-26(30)27-19-15-20-28(32(27)35)33-34-29-21-11-13-23-31(29)36(33)25-16-8-7-9-17-25/h7-13,15-23H,2-6,14,24H2,1H3. The lowest BCUT2D eigenvalue weighted by Gasteiger charge is -2.13. The van der Waals surface area contributed by atoms with Crippen molar-refractivity contribution >= 4 is 32.8 Å². The number of rotatable bonds is 9. The number of benzene rings is 4. The van der Waals surface area contributed by atoms with Crippen molar-refractivity contribution in [2.45, 2.75) is 52.0 Å². The Kier molecular flexibility index (Phi) is 6.29. The summed E-state index contributed by atoms with van der Waals surface area (Å²) < 4.78 is 4.87. The summed E-state index contributed by atoms with van der Waals surface area (Å²) in [5.41, 5.74) is 7.09. The first-order valence-electron chi connectivity index (χ1n) is 13.4. The maximum atomic E-state index is 5.20. The van der Waals surface area contributed by atoms with Crippen molar-refractivity contribution in [2.75, 3.05) is 0 Å². The Morgan fingerprint density at radius 1 is 0.611 bits per heavy atom. The Labute approximate surface area is 213 Å². The lowest BCUT2D eigenvalue weighted by molar-refractivity contribution is 0.571. The fraction of sp³-hybridized carbons (Fsp3) is 0.242. The monoisotopic (exact) mass is 471 g/mol. The summed E-state index contributed by atoms with van der Waals surface area (Å²) in [7, 11) is 0. The highest BCUT2D eigenvalue weighted by Gasteiger charge is 2.20. The molecule has 2 heterocycles. The lowest BCUT2D eigenvalue weighted by atomic mass is 10.1. The number of aryl methyl sites for hydroxylation is 1. The molecule has 36 heavy (non-hydrogen) atoms. The first-order chi connectivity index (χ1) is 17.9. The summed E-state index contributed by atoms with van der Waals surface area (Å²) in [6, 6.07) is 34.6. The van der Waals surface area contributed by atoms with Gasteiger partial charge in [-0.05, 0) is 42.8 Å². The second-order valence-electron chi connectivity index (χ2n) is 9.73. The van der Waals surface area contributed by atoms with Crippen LogP contribution in [0.1, 0.15) is 45.4 Å². The van der Waals surface area contributed by atoms with Gasteiger partial charge in [-0.2, -0.15) is 0 Å². The molecule has 0 unspecified atom stereocenters. The molecule has 0 spiro atoms. The lowest BCUT2D eigenvalue weighted by Crippen LogP contribution is -2.02. The Morgan fingerprint density at radius 2 is 1.31 bits per heavy atom. The Bertz CT molecular complexity index is 1620. The van der Waals surface area contributed by atoms with Crippen LogP contribution in [0.25, 0.3) is 49.9 Å². The summed E-state index contributed by atoms with van der Waals surface area (Å²) in [5, 5.41) is 2.63. The van der Waals surface area contributed by atoms with Gasteiger partial charge in [0.25, 0.3) is 0 Å². The summed E-state index contributed by atoms with van der Waals surface area (Å²) in [6.45, 7) is 3.31. The summed E-state index contributed by atoms with van der Waals surface area (Å²) >= 11 is 0. The minimum absolute atomic E-state index is 1.00. The molecule has 3 nitrogen and oxygen atoms in total. The molecular formula is C33H33N3. The molecule has 2 aromatic heterocycles. The first kappa shape index (κ1) is 22.6. The van der Waals surface area contributed by atoms with Crippen LogP contribution in [-0.4, -0.2) is 14.1 Å². The number of aromatic nitrogens is 3. The van der Waals surface area contributed by atoms with E-state index in [0.29, 0.717) is 0 Å². The maximum Gasteiger partial charge on any atom is 0.147 e. The van der Waals surface area contributed by atoms with E-state index in [-0.39, 0.29) is 0 Å². The molecule has 0 aliphatic carbocycles. The van der Waals surface area contributed by atoms with E-state index in [4.69, 9.17) is 4.98 Å². The van der Waals surface area contributed by atoms with Crippen molar-refractivity contribution < 1.29 is 0 Å². The van der Waals surface area contributed by atoms with Gasteiger partial charge in [0.2, 0.25) is 0 Å². The van der Waals surface area contributed by atoms with Crippen LogP contribution in [0.5, 0.6) is 0 Å². The third kappa shape index (κ3) is 3.99. The third-order valence-electron chi connectivity index (χ3n) is 7.34. The molecule has 6 rings (SSSR count). The van der Waals surface area contributed by atoms with E-state index in [1.54, 1.807) is 0 Å². The molecule has 0 saturated heterocycles. The normalized spacial score (nSPS) is 11.7. The molecular weight excluding hydrogens is 438 g/mol. The number of fused-ring (bicyclic) bond motifs is 4. The average Bonchev–Trinajstić information content (AvgIpc) is 3.47. The summed E-state index contributed by atoms with van der Waals surface area (Å²) in [4.78, 5) is 5.20. The highest BCUT2D eigenvalue weighted by molar-refractivity contribution is 6.12. The van der Waals surface area contributed by atoms with Crippen LogP contribution >= 0.6 is 0 Å². The molecule has 0 N–H and O–H groups in total. The van der Waals surface area contributed by atoms with Crippen molar-refractivity contribution in [3.63, 3.8) is 0 Å². The Morgan fingerprint density at radius 3 is 2.17 bits per heavy atom. The predicted molar refractivity (Wildman–Crippen MR) is 153 cm³/mol. The fourth-order valence-electron chi connectivity index (χ4n) is 5.62. The average molecular weight is 472 g/mol. The van der Waals surface area contributed by atoms with Gasteiger partial charge in [0.1, 0.15) is 5.82 Å². The first-order valence-corrected chi connectivity index (χ1v) is 13.4. The van der Waals surface area contributed by atoms with E-state index < -0.39 is 0 Å². The van der Waals surface area contributed by atoms with E-state index in [1.807, 2.05) is 0 Å². The third-order valence-corrected chi connectivity index (χ3v) is 7.34. The van der Waals surface area contributed by atoms with Gasteiger partial charge in [0.15, 0.2) is 0 Å². The van der Waals surface area contributed by atoms with Gasteiger partial charge in [0.05, 0.1) is 16.6 Å². The number of hydrogen-bond acceptors (Lipinski definition) is 1. The molecule has 0 atom stereocenters. The van der Waals surface area contributed by atoms with E-state index in [2.05, 4.69) is 113 Å². The quantitative estimate of drug-likeness (QED) is 0.193. The van der Waals surface area contributed by atoms with Gasteiger partial charge in [0, 0.05) is 34.1 Å². The topological polar surface area (TPSA) is 22.8 Å². The van der Waals surface area contributed by atoms with Crippen molar-refractivity contribution in [3.8, 4) is 17.1 Å². The summed E-state index contributed by atoms with van der Waals surface area (Å²) in [6.07, 6.45) is 7.77. The second-order valence-corrected chi connectivity index (χ2v) is 9.73. The molecule has 0 aliphatic rings. The van der Waals surface area contributed by atoms with E-state index >= 15 is 0 Å². The highest BCUT2D eigenvalue weighted by atomic mass is 15.1. The van der Waals surface area contributed by atoms with Crippen LogP contribution in [0.15, 0.2) is 97.1 Å². The van der Waals surface area contributed by atoms with Gasteiger partial charge in [-0.1, -0.05) is 99.7 Å². The van der Waals surface area contributed by atoms with Crippen LogP contribution < -0.4 is 0 Å². The second kappa shape index (κ2) is 10.0. The molecule has 180 valence electrons. The molecule has 6 aromatic rings. The van der Waals surface area contributed by atoms with Crippen molar-refractivity contribution in [3.05, 3.63) is 97.1 Å². The van der Waals surface area contributed by atoms with Gasteiger partial charge in [-0.15, -0.1) is 0 Å². The van der Waals surface area contributed by atoms with Gasteiger partial charge >= 0.3 is 0 Å². The smallest absolute Gasteiger partial charge is 0.147 e. The van der Waals surface area contributed by atoms with Crippen LogP contribution in [0.3, 0.4) is 0 Å². The largest absolute Gasteiger partial charge is 0.340 e. The Hall–Kier alpha value is -3.85. The Balaban J connectivity index is 1.55. The molecule has 0 saturated carbocycles. The molecule has 0 radical (unpaired) electrons. The molecule has 0 amide bonds. The van der Waals surface area contributed by atoms with Gasteiger partial charge in [-0.3, -0.25) is 4.57 Å². The van der Waals surface area contributed by atoms with E-state index in [1.165, 1.54) is 65.9 Å². The van der Waals surface area contributed by atoms with Crippen LogP contribution in [-0.2, 0) is 6.54 Å². The van der Waals surface area contributed by atoms with Crippen LogP contribution in [0.4, 0.5) is 0 Å². The molecule has 4 aromatic carbocycles. The van der Waals surface area contributed by atoms with Gasteiger partial charge in [-0.25, -0.2) is 4.98 Å². The number of imidazole rings is 1. The highest BCUT2D eigenvalue weighted by Crippen LogP contribution is 2.38. The number of unbranched alkanes of at least 4 members (excludes halogenated alkanes) is 5. The zero-order valence-electron chi connectivity index (χ0n) is 21.0. The zero-order valence-corrected chi connectivity index (χ0v) is 21.0. The van der Waals surface area contributed by atoms with Crippen LogP contribution in [0.2, 0.25) is 0 Å². The van der Waals surface area contributed by atoms with Crippen LogP contribution in [0, 0.1) is 0 Å².